The Labute approximate surface area is 157 Å². The number of hydrogen-bond acceptors (Lipinski definition) is 4. The van der Waals surface area contributed by atoms with Crippen LogP contribution in [0.4, 0.5) is 0 Å². The lowest BCUT2D eigenvalue weighted by molar-refractivity contribution is 0.131. The van der Waals surface area contributed by atoms with Gasteiger partial charge in [0.2, 0.25) is 0 Å². The monoisotopic (exact) mass is 367 g/mol. The molecule has 0 atom stereocenters. The SMILES string of the molecule is Cc1ccc(-n2c(COc3cccc4c3OC(C)(C)C4)n[nH]c2=S)cc1. The molecule has 0 unspecified atom stereocenters. The fourth-order valence-corrected chi connectivity index (χ4v) is 3.49. The van der Waals surface area contributed by atoms with Crippen molar-refractivity contribution in [2.45, 2.75) is 39.4 Å². The molecule has 0 saturated heterocycles. The molecule has 0 saturated carbocycles. The average Bonchev–Trinajstić information content (AvgIpc) is 3.12. The number of aryl methyl sites for hydroxylation is 1. The third-order valence-corrected chi connectivity index (χ3v) is 4.72. The van der Waals surface area contributed by atoms with Gasteiger partial charge in [0.15, 0.2) is 22.1 Å². The van der Waals surface area contributed by atoms with Crippen LogP contribution < -0.4 is 9.47 Å². The van der Waals surface area contributed by atoms with E-state index in [-0.39, 0.29) is 5.60 Å². The second-order valence-corrected chi connectivity index (χ2v) is 7.57. The molecule has 5 nitrogen and oxygen atoms in total. The zero-order valence-corrected chi connectivity index (χ0v) is 15.9. The summed E-state index contributed by atoms with van der Waals surface area (Å²) in [5.74, 6) is 2.28. The average molecular weight is 367 g/mol. The lowest BCUT2D eigenvalue weighted by atomic mass is 10.0. The summed E-state index contributed by atoms with van der Waals surface area (Å²) >= 11 is 5.39. The van der Waals surface area contributed by atoms with Gasteiger partial charge in [0.25, 0.3) is 0 Å². The van der Waals surface area contributed by atoms with Gasteiger partial charge in [-0.2, -0.15) is 5.10 Å². The first-order valence-corrected chi connectivity index (χ1v) is 9.01. The van der Waals surface area contributed by atoms with Crippen molar-refractivity contribution in [2.75, 3.05) is 0 Å². The Bertz CT molecular complexity index is 1000. The van der Waals surface area contributed by atoms with E-state index in [0.29, 0.717) is 17.2 Å². The van der Waals surface area contributed by atoms with E-state index in [4.69, 9.17) is 21.7 Å². The van der Waals surface area contributed by atoms with Crippen LogP contribution in [0.3, 0.4) is 0 Å². The number of nitrogens with one attached hydrogen (secondary N) is 1. The Hall–Kier alpha value is -2.60. The van der Waals surface area contributed by atoms with Crippen molar-refractivity contribution < 1.29 is 9.47 Å². The van der Waals surface area contributed by atoms with Crippen molar-refractivity contribution in [1.82, 2.24) is 14.8 Å². The maximum absolute atomic E-state index is 6.07. The van der Waals surface area contributed by atoms with Crippen LogP contribution in [-0.4, -0.2) is 20.4 Å². The number of H-pyrrole nitrogens is 1. The van der Waals surface area contributed by atoms with Crippen LogP contribution in [-0.2, 0) is 13.0 Å². The minimum absolute atomic E-state index is 0.205. The third-order valence-electron chi connectivity index (χ3n) is 4.45. The maximum atomic E-state index is 6.07. The van der Waals surface area contributed by atoms with Crippen molar-refractivity contribution >= 4 is 12.2 Å². The lowest BCUT2D eigenvalue weighted by Gasteiger charge is -2.18. The summed E-state index contributed by atoms with van der Waals surface area (Å²) in [4.78, 5) is 0. The highest BCUT2D eigenvalue weighted by Gasteiger charge is 2.32. The quantitative estimate of drug-likeness (QED) is 0.688. The van der Waals surface area contributed by atoms with Gasteiger partial charge in [0.05, 0.1) is 0 Å². The molecule has 1 aliphatic heterocycles. The topological polar surface area (TPSA) is 52.1 Å². The van der Waals surface area contributed by atoms with Gasteiger partial charge in [-0.15, -0.1) is 0 Å². The summed E-state index contributed by atoms with van der Waals surface area (Å²) in [6, 6.07) is 14.2. The summed E-state index contributed by atoms with van der Waals surface area (Å²) in [7, 11) is 0. The molecule has 0 fully saturated rings. The standard InChI is InChI=1S/C20H21N3O2S/c1-13-7-9-15(10-8-13)23-17(21-22-19(23)26)12-24-16-6-4-5-14-11-20(2,3)25-18(14)16/h4-10H,11-12H2,1-3H3,(H,22,26). The van der Waals surface area contributed by atoms with Crippen LogP contribution in [0.5, 0.6) is 11.5 Å². The Balaban J connectivity index is 1.60. The van der Waals surface area contributed by atoms with E-state index >= 15 is 0 Å². The molecule has 2 heterocycles. The summed E-state index contributed by atoms with van der Waals surface area (Å²) in [5.41, 5.74) is 3.12. The molecule has 0 spiro atoms. The molecule has 0 amide bonds. The zero-order valence-electron chi connectivity index (χ0n) is 15.1. The van der Waals surface area contributed by atoms with E-state index in [9.17, 15) is 0 Å². The van der Waals surface area contributed by atoms with Gasteiger partial charge in [-0.3, -0.25) is 9.67 Å². The second-order valence-electron chi connectivity index (χ2n) is 7.19. The predicted octanol–water partition coefficient (Wildman–Crippen LogP) is 4.53. The maximum Gasteiger partial charge on any atom is 0.199 e. The summed E-state index contributed by atoms with van der Waals surface area (Å²) in [5, 5.41) is 7.19. The molecule has 2 aromatic carbocycles. The van der Waals surface area contributed by atoms with E-state index in [1.54, 1.807) is 0 Å². The van der Waals surface area contributed by atoms with E-state index < -0.39 is 0 Å². The first-order valence-electron chi connectivity index (χ1n) is 8.60. The highest BCUT2D eigenvalue weighted by Crippen LogP contribution is 2.41. The number of hydrogen-bond donors (Lipinski definition) is 1. The fraction of sp³-hybridized carbons (Fsp3) is 0.300. The molecule has 26 heavy (non-hydrogen) atoms. The van der Waals surface area contributed by atoms with Gasteiger partial charge in [0.1, 0.15) is 12.2 Å². The molecular weight excluding hydrogens is 346 g/mol. The number of benzene rings is 2. The molecule has 1 aromatic heterocycles. The van der Waals surface area contributed by atoms with Crippen LogP contribution in [0.15, 0.2) is 42.5 Å². The highest BCUT2D eigenvalue weighted by molar-refractivity contribution is 7.71. The first kappa shape index (κ1) is 16.8. The number of rotatable bonds is 4. The van der Waals surface area contributed by atoms with Gasteiger partial charge in [-0.05, 0) is 51.2 Å². The van der Waals surface area contributed by atoms with E-state index in [1.807, 2.05) is 28.8 Å². The van der Waals surface area contributed by atoms with Gasteiger partial charge < -0.3 is 9.47 Å². The summed E-state index contributed by atoms with van der Waals surface area (Å²) in [6.07, 6.45) is 0.877. The van der Waals surface area contributed by atoms with Gasteiger partial charge >= 0.3 is 0 Å². The Kier molecular flexibility index (Phi) is 4.07. The van der Waals surface area contributed by atoms with Crippen LogP contribution in [0.1, 0.15) is 30.8 Å². The molecule has 1 N–H and O–H groups in total. The van der Waals surface area contributed by atoms with Crippen LogP contribution in [0, 0.1) is 11.7 Å². The number of nitrogens with zero attached hydrogens (tertiary/aromatic N) is 2. The van der Waals surface area contributed by atoms with E-state index in [2.05, 4.69) is 49.2 Å². The molecule has 0 aliphatic carbocycles. The lowest BCUT2D eigenvalue weighted by Crippen LogP contribution is -2.24. The Morgan fingerprint density at radius 2 is 2.00 bits per heavy atom. The largest absolute Gasteiger partial charge is 0.483 e. The van der Waals surface area contributed by atoms with Crippen molar-refractivity contribution in [3.63, 3.8) is 0 Å². The Morgan fingerprint density at radius 3 is 2.77 bits per heavy atom. The van der Waals surface area contributed by atoms with Crippen molar-refractivity contribution in [3.8, 4) is 17.2 Å². The molecule has 134 valence electrons. The molecule has 3 aromatic rings. The highest BCUT2D eigenvalue weighted by atomic mass is 32.1. The van der Waals surface area contributed by atoms with Gasteiger partial charge in [-0.25, -0.2) is 0 Å². The molecule has 0 radical (unpaired) electrons. The number of aromatic nitrogens is 3. The van der Waals surface area contributed by atoms with Crippen LogP contribution >= 0.6 is 12.2 Å². The van der Waals surface area contributed by atoms with Gasteiger partial charge in [-0.1, -0.05) is 29.8 Å². The summed E-state index contributed by atoms with van der Waals surface area (Å²) in [6.45, 7) is 6.51. The first-order chi connectivity index (χ1) is 12.4. The van der Waals surface area contributed by atoms with Crippen molar-refractivity contribution in [3.05, 3.63) is 64.2 Å². The number of aromatic amines is 1. The smallest absolute Gasteiger partial charge is 0.199 e. The number of fused-ring (bicyclic) bond motifs is 1. The molecular formula is C20H21N3O2S. The minimum Gasteiger partial charge on any atom is -0.483 e. The summed E-state index contributed by atoms with van der Waals surface area (Å²) < 4.78 is 14.6. The fourth-order valence-electron chi connectivity index (χ4n) is 3.23. The van der Waals surface area contributed by atoms with Crippen LogP contribution in [0.2, 0.25) is 0 Å². The molecule has 1 aliphatic rings. The molecule has 0 bridgehead atoms. The molecule has 6 heteroatoms. The zero-order chi connectivity index (χ0) is 18.3. The van der Waals surface area contributed by atoms with Crippen molar-refractivity contribution in [1.29, 1.82) is 0 Å². The minimum atomic E-state index is -0.205. The van der Waals surface area contributed by atoms with Crippen molar-refractivity contribution in [2.24, 2.45) is 0 Å². The Morgan fingerprint density at radius 1 is 1.23 bits per heavy atom. The van der Waals surface area contributed by atoms with Gasteiger partial charge in [0, 0.05) is 17.7 Å². The van der Waals surface area contributed by atoms with E-state index in [0.717, 1.165) is 23.6 Å². The molecule has 4 rings (SSSR count). The van der Waals surface area contributed by atoms with E-state index in [1.165, 1.54) is 11.1 Å². The predicted molar refractivity (Wildman–Crippen MR) is 103 cm³/mol. The second kappa shape index (κ2) is 6.29. The number of para-hydroxylation sites is 1. The third kappa shape index (κ3) is 3.12. The van der Waals surface area contributed by atoms with Crippen LogP contribution in [0.25, 0.3) is 5.69 Å². The number of ether oxygens (including phenoxy) is 2. The normalized spacial score (nSPS) is 14.7.